The molecule has 5 heteroatoms. The van der Waals surface area contributed by atoms with Crippen LogP contribution in [0.3, 0.4) is 0 Å². The first kappa shape index (κ1) is 12.7. The van der Waals surface area contributed by atoms with E-state index < -0.39 is 5.97 Å². The minimum atomic E-state index is -0.735. The van der Waals surface area contributed by atoms with Crippen molar-refractivity contribution in [1.82, 2.24) is 14.8 Å². The van der Waals surface area contributed by atoms with Crippen LogP contribution in [0.1, 0.15) is 50.7 Å². The van der Waals surface area contributed by atoms with E-state index in [1.165, 1.54) is 0 Å². The Morgan fingerprint density at radius 1 is 1.44 bits per heavy atom. The molecule has 1 aromatic heterocycles. The lowest BCUT2D eigenvalue weighted by Crippen LogP contribution is -2.00. The molecule has 0 atom stereocenters. The number of unbranched alkanes of at least 4 members (excludes halogenated alkanes) is 1. The van der Waals surface area contributed by atoms with Gasteiger partial charge in [0.05, 0.1) is 0 Å². The smallest absolute Gasteiger partial charge is 0.303 e. The Kier molecular flexibility index (Phi) is 4.46. The molecule has 0 saturated heterocycles. The van der Waals surface area contributed by atoms with Crippen molar-refractivity contribution >= 4 is 5.97 Å². The molecule has 1 rings (SSSR count). The SMILES string of the molecule is CC(C)c1nc(CCCCC(=O)O)n(C)n1. The average Bonchev–Trinajstić information content (AvgIpc) is 2.55. The molecular weight excluding hydrogens is 206 g/mol. The Morgan fingerprint density at radius 2 is 2.12 bits per heavy atom. The van der Waals surface area contributed by atoms with E-state index in [-0.39, 0.29) is 6.42 Å². The van der Waals surface area contributed by atoms with Crippen LogP contribution in [0.4, 0.5) is 0 Å². The highest BCUT2D eigenvalue weighted by Gasteiger charge is 2.09. The van der Waals surface area contributed by atoms with Crippen molar-refractivity contribution < 1.29 is 9.90 Å². The quantitative estimate of drug-likeness (QED) is 0.749. The summed E-state index contributed by atoms with van der Waals surface area (Å²) in [6, 6.07) is 0. The number of hydrogen-bond acceptors (Lipinski definition) is 3. The number of carbonyl (C=O) groups is 1. The fraction of sp³-hybridized carbons (Fsp3) is 0.727. The lowest BCUT2D eigenvalue weighted by molar-refractivity contribution is -0.137. The highest BCUT2D eigenvalue weighted by Crippen LogP contribution is 2.11. The van der Waals surface area contributed by atoms with Crippen molar-refractivity contribution in [3.63, 3.8) is 0 Å². The molecule has 0 aliphatic rings. The first-order chi connectivity index (χ1) is 7.50. The van der Waals surface area contributed by atoms with Crippen LogP contribution >= 0.6 is 0 Å². The summed E-state index contributed by atoms with van der Waals surface area (Å²) in [5, 5.41) is 12.8. The monoisotopic (exact) mass is 225 g/mol. The number of aryl methyl sites for hydroxylation is 2. The van der Waals surface area contributed by atoms with Gasteiger partial charge in [0.25, 0.3) is 0 Å². The van der Waals surface area contributed by atoms with Crippen LogP contribution in [0.2, 0.25) is 0 Å². The molecule has 0 amide bonds. The standard InChI is InChI=1S/C11H19N3O2/c1-8(2)11-12-9(14(3)13-11)6-4-5-7-10(15)16/h8H,4-7H2,1-3H3,(H,15,16). The van der Waals surface area contributed by atoms with E-state index in [1.807, 2.05) is 7.05 Å². The number of nitrogens with zero attached hydrogens (tertiary/aromatic N) is 3. The van der Waals surface area contributed by atoms with Crippen molar-refractivity contribution in [3.8, 4) is 0 Å². The summed E-state index contributed by atoms with van der Waals surface area (Å²) in [5.41, 5.74) is 0. The first-order valence-electron chi connectivity index (χ1n) is 5.62. The zero-order chi connectivity index (χ0) is 12.1. The van der Waals surface area contributed by atoms with Crippen LogP contribution in [-0.4, -0.2) is 25.8 Å². The summed E-state index contributed by atoms with van der Waals surface area (Å²) < 4.78 is 1.79. The Hall–Kier alpha value is -1.39. The third-order valence-corrected chi connectivity index (χ3v) is 2.43. The van der Waals surface area contributed by atoms with E-state index in [4.69, 9.17) is 5.11 Å². The van der Waals surface area contributed by atoms with Gasteiger partial charge in [0.15, 0.2) is 5.82 Å². The van der Waals surface area contributed by atoms with Gasteiger partial charge < -0.3 is 5.11 Å². The Morgan fingerprint density at radius 3 is 2.62 bits per heavy atom. The number of aliphatic carboxylic acids is 1. The number of hydrogen-bond donors (Lipinski definition) is 1. The molecule has 90 valence electrons. The fourth-order valence-corrected chi connectivity index (χ4v) is 1.46. The average molecular weight is 225 g/mol. The number of rotatable bonds is 6. The minimum Gasteiger partial charge on any atom is -0.481 e. The van der Waals surface area contributed by atoms with Crippen LogP contribution in [0.25, 0.3) is 0 Å². The molecule has 16 heavy (non-hydrogen) atoms. The molecular formula is C11H19N3O2. The highest BCUT2D eigenvalue weighted by atomic mass is 16.4. The summed E-state index contributed by atoms with van der Waals surface area (Å²) >= 11 is 0. The normalized spacial score (nSPS) is 11.0. The number of carboxylic acid groups (broad SMARTS) is 1. The van der Waals surface area contributed by atoms with Crippen molar-refractivity contribution in [1.29, 1.82) is 0 Å². The fourth-order valence-electron chi connectivity index (χ4n) is 1.46. The van der Waals surface area contributed by atoms with Gasteiger partial charge in [0, 0.05) is 25.8 Å². The third-order valence-electron chi connectivity index (χ3n) is 2.43. The van der Waals surface area contributed by atoms with E-state index in [0.717, 1.165) is 24.5 Å². The van der Waals surface area contributed by atoms with Gasteiger partial charge in [-0.3, -0.25) is 9.48 Å². The van der Waals surface area contributed by atoms with Gasteiger partial charge in [-0.2, -0.15) is 5.10 Å². The Labute approximate surface area is 95.5 Å². The summed E-state index contributed by atoms with van der Waals surface area (Å²) in [4.78, 5) is 14.8. The lowest BCUT2D eigenvalue weighted by atomic mass is 10.2. The summed E-state index contributed by atoms with van der Waals surface area (Å²) in [7, 11) is 1.88. The molecule has 0 aromatic carbocycles. The second-order valence-corrected chi connectivity index (χ2v) is 4.27. The first-order valence-corrected chi connectivity index (χ1v) is 5.62. The van der Waals surface area contributed by atoms with E-state index in [0.29, 0.717) is 12.3 Å². The molecule has 0 spiro atoms. The van der Waals surface area contributed by atoms with Crippen molar-refractivity contribution in [2.45, 2.75) is 45.4 Å². The lowest BCUT2D eigenvalue weighted by Gasteiger charge is -1.98. The third kappa shape index (κ3) is 3.64. The van der Waals surface area contributed by atoms with Crippen molar-refractivity contribution in [3.05, 3.63) is 11.6 Å². The summed E-state index contributed by atoms with van der Waals surface area (Å²) in [6.07, 6.45) is 2.56. The van der Waals surface area contributed by atoms with Crippen LogP contribution in [-0.2, 0) is 18.3 Å². The molecule has 0 saturated carbocycles. The maximum absolute atomic E-state index is 10.3. The predicted molar refractivity (Wildman–Crippen MR) is 60.3 cm³/mol. The zero-order valence-electron chi connectivity index (χ0n) is 10.1. The van der Waals surface area contributed by atoms with Gasteiger partial charge in [-0.15, -0.1) is 0 Å². The molecule has 0 unspecified atom stereocenters. The minimum absolute atomic E-state index is 0.231. The van der Waals surface area contributed by atoms with Gasteiger partial charge in [0.1, 0.15) is 5.82 Å². The summed E-state index contributed by atoms with van der Waals surface area (Å²) in [5.74, 6) is 1.39. The highest BCUT2D eigenvalue weighted by molar-refractivity contribution is 5.66. The second kappa shape index (κ2) is 5.63. The molecule has 1 N–H and O–H groups in total. The molecule has 0 fully saturated rings. The van der Waals surface area contributed by atoms with E-state index in [1.54, 1.807) is 4.68 Å². The van der Waals surface area contributed by atoms with E-state index in [2.05, 4.69) is 23.9 Å². The molecule has 5 nitrogen and oxygen atoms in total. The Bertz CT molecular complexity index is 358. The van der Waals surface area contributed by atoms with Gasteiger partial charge >= 0.3 is 5.97 Å². The van der Waals surface area contributed by atoms with Crippen LogP contribution in [0.15, 0.2) is 0 Å². The molecule has 0 aliphatic heterocycles. The van der Waals surface area contributed by atoms with Crippen LogP contribution in [0, 0.1) is 0 Å². The van der Waals surface area contributed by atoms with Gasteiger partial charge in [0.2, 0.25) is 0 Å². The van der Waals surface area contributed by atoms with Gasteiger partial charge in [-0.25, -0.2) is 4.98 Å². The second-order valence-electron chi connectivity index (χ2n) is 4.27. The predicted octanol–water partition coefficient (Wildman–Crippen LogP) is 1.74. The van der Waals surface area contributed by atoms with Crippen LogP contribution in [0.5, 0.6) is 0 Å². The van der Waals surface area contributed by atoms with E-state index in [9.17, 15) is 4.79 Å². The van der Waals surface area contributed by atoms with Gasteiger partial charge in [-0.1, -0.05) is 13.8 Å². The number of aromatic nitrogens is 3. The largest absolute Gasteiger partial charge is 0.481 e. The van der Waals surface area contributed by atoms with Crippen molar-refractivity contribution in [2.24, 2.45) is 7.05 Å². The zero-order valence-corrected chi connectivity index (χ0v) is 10.1. The molecule has 1 aromatic rings. The van der Waals surface area contributed by atoms with Crippen molar-refractivity contribution in [2.75, 3.05) is 0 Å². The van der Waals surface area contributed by atoms with Crippen LogP contribution < -0.4 is 0 Å². The van der Waals surface area contributed by atoms with E-state index >= 15 is 0 Å². The number of carboxylic acids is 1. The molecule has 0 radical (unpaired) electrons. The maximum Gasteiger partial charge on any atom is 0.303 e. The topological polar surface area (TPSA) is 68.0 Å². The maximum atomic E-state index is 10.3. The Balaban J connectivity index is 2.44. The molecule has 0 bridgehead atoms. The van der Waals surface area contributed by atoms with Gasteiger partial charge in [-0.05, 0) is 12.8 Å². The molecule has 0 aliphatic carbocycles. The molecule has 1 heterocycles. The summed E-state index contributed by atoms with van der Waals surface area (Å²) in [6.45, 7) is 4.12.